The van der Waals surface area contributed by atoms with Crippen LogP contribution >= 0.6 is 24.0 Å². The first-order chi connectivity index (χ1) is 13.6. The van der Waals surface area contributed by atoms with E-state index in [1.807, 2.05) is 10.7 Å². The van der Waals surface area contributed by atoms with E-state index in [0.29, 0.717) is 24.0 Å². The number of carbonyl (C=O) groups is 1. The van der Waals surface area contributed by atoms with E-state index >= 15 is 0 Å². The van der Waals surface area contributed by atoms with Crippen molar-refractivity contribution < 1.29 is 4.79 Å². The zero-order chi connectivity index (χ0) is 19.5. The number of aliphatic imine (C=N–C) groups is 1. The molecule has 10 nitrogen and oxygen atoms in total. The highest BCUT2D eigenvalue weighted by molar-refractivity contribution is 14.0. The molecule has 0 radical (unpaired) electrons. The Hall–Kier alpha value is -2.44. The fourth-order valence-corrected chi connectivity index (χ4v) is 3.77. The van der Waals surface area contributed by atoms with Crippen LogP contribution in [0.15, 0.2) is 29.6 Å². The molecule has 2 aliphatic heterocycles. The van der Waals surface area contributed by atoms with Crippen molar-refractivity contribution in [3.8, 4) is 0 Å². The Bertz CT molecular complexity index is 861. The van der Waals surface area contributed by atoms with Crippen LogP contribution in [0, 0.1) is 5.92 Å². The summed E-state index contributed by atoms with van der Waals surface area (Å²) in [6, 6.07) is 1.81. The van der Waals surface area contributed by atoms with Crippen molar-refractivity contribution in [2.24, 2.45) is 22.4 Å². The van der Waals surface area contributed by atoms with Crippen molar-refractivity contribution in [3.63, 3.8) is 0 Å². The molecule has 0 saturated carbocycles. The van der Waals surface area contributed by atoms with Gasteiger partial charge >= 0.3 is 0 Å². The Labute approximate surface area is 186 Å². The van der Waals surface area contributed by atoms with Gasteiger partial charge in [-0.05, 0) is 24.8 Å². The Balaban J connectivity index is 0.00000240. The van der Waals surface area contributed by atoms with Gasteiger partial charge in [0, 0.05) is 51.7 Å². The number of anilines is 1. The lowest BCUT2D eigenvalue weighted by Crippen LogP contribution is -2.51. The molecule has 0 aliphatic carbocycles. The van der Waals surface area contributed by atoms with Crippen LogP contribution < -0.4 is 16.4 Å². The lowest BCUT2D eigenvalue weighted by atomic mass is 9.94. The summed E-state index contributed by atoms with van der Waals surface area (Å²) in [6.07, 6.45) is 6.78. The molecule has 1 fully saturated rings. The number of hydrogen-bond donors (Lipinski definition) is 2. The standard InChI is InChI=1S/C18H25N9O.HI/c19-16(28)14-12-24-27-5-2-13(10-15(14)27)11-23-17(20)25-6-8-26(9-7-25)18-21-3-1-4-22-18;/h1,3-4,12-13H,2,5-11H2,(H2,19,28)(H2,20,23);1H. The summed E-state index contributed by atoms with van der Waals surface area (Å²) < 4.78 is 1.87. The highest BCUT2D eigenvalue weighted by Gasteiger charge is 2.25. The second-order valence-corrected chi connectivity index (χ2v) is 7.17. The summed E-state index contributed by atoms with van der Waals surface area (Å²) in [5.74, 6) is 1.23. The van der Waals surface area contributed by atoms with Gasteiger partial charge < -0.3 is 21.3 Å². The van der Waals surface area contributed by atoms with Crippen LogP contribution in [0.5, 0.6) is 0 Å². The van der Waals surface area contributed by atoms with E-state index in [1.165, 1.54) is 0 Å². The Morgan fingerprint density at radius 2 is 1.86 bits per heavy atom. The molecule has 0 spiro atoms. The number of carbonyl (C=O) groups excluding carboxylic acids is 1. The van der Waals surface area contributed by atoms with E-state index in [1.54, 1.807) is 18.6 Å². The number of rotatable bonds is 4. The van der Waals surface area contributed by atoms with Crippen LogP contribution in [0.25, 0.3) is 0 Å². The van der Waals surface area contributed by atoms with E-state index < -0.39 is 5.91 Å². The molecule has 156 valence electrons. The normalized spacial score (nSPS) is 19.4. The van der Waals surface area contributed by atoms with Gasteiger partial charge in [0.15, 0.2) is 5.96 Å². The van der Waals surface area contributed by atoms with Crippen molar-refractivity contribution >= 4 is 41.8 Å². The smallest absolute Gasteiger partial charge is 0.252 e. The topological polar surface area (TPSA) is 132 Å². The number of guanidine groups is 1. The molecule has 0 bridgehead atoms. The Morgan fingerprint density at radius 1 is 1.14 bits per heavy atom. The van der Waals surface area contributed by atoms with Crippen LogP contribution in [0.1, 0.15) is 22.5 Å². The first-order valence-corrected chi connectivity index (χ1v) is 9.53. The maximum Gasteiger partial charge on any atom is 0.252 e. The number of halogens is 1. The van der Waals surface area contributed by atoms with Gasteiger partial charge in [-0.15, -0.1) is 24.0 Å². The average molecular weight is 511 g/mol. The maximum absolute atomic E-state index is 11.5. The van der Waals surface area contributed by atoms with Gasteiger partial charge in [0.2, 0.25) is 5.95 Å². The zero-order valence-corrected chi connectivity index (χ0v) is 18.5. The minimum absolute atomic E-state index is 0. The minimum Gasteiger partial charge on any atom is -0.370 e. The van der Waals surface area contributed by atoms with Crippen LogP contribution in [0.2, 0.25) is 0 Å². The molecule has 4 rings (SSSR count). The third kappa shape index (κ3) is 4.77. The van der Waals surface area contributed by atoms with Crippen molar-refractivity contribution in [3.05, 3.63) is 35.9 Å². The highest BCUT2D eigenvalue weighted by atomic mass is 127. The lowest BCUT2D eigenvalue weighted by Gasteiger charge is -2.35. The fraction of sp³-hybridized carbons (Fsp3) is 0.500. The molecule has 1 saturated heterocycles. The largest absolute Gasteiger partial charge is 0.370 e. The summed E-state index contributed by atoms with van der Waals surface area (Å²) in [7, 11) is 0. The molecule has 2 aromatic rings. The molecule has 1 amide bonds. The number of amides is 1. The fourth-order valence-electron chi connectivity index (χ4n) is 3.77. The van der Waals surface area contributed by atoms with Crippen molar-refractivity contribution in [2.75, 3.05) is 37.6 Å². The number of primary amides is 1. The highest BCUT2D eigenvalue weighted by Crippen LogP contribution is 2.23. The quantitative estimate of drug-likeness (QED) is 0.338. The van der Waals surface area contributed by atoms with Gasteiger partial charge in [0.25, 0.3) is 5.91 Å². The number of nitrogens with two attached hydrogens (primary N) is 2. The SMILES string of the molecule is I.NC(=O)c1cnn2c1CC(CN=C(N)N1CCN(c3ncccn3)CC1)CC2. The van der Waals surface area contributed by atoms with Crippen LogP contribution in [-0.4, -0.2) is 69.2 Å². The average Bonchev–Trinajstić information content (AvgIpc) is 3.16. The van der Waals surface area contributed by atoms with Crippen molar-refractivity contribution in [1.29, 1.82) is 0 Å². The summed E-state index contributed by atoms with van der Waals surface area (Å²) in [4.78, 5) is 29.0. The van der Waals surface area contributed by atoms with Crippen LogP contribution in [0.3, 0.4) is 0 Å². The molecule has 11 heteroatoms. The van der Waals surface area contributed by atoms with Crippen molar-refractivity contribution in [2.45, 2.75) is 19.4 Å². The van der Waals surface area contributed by atoms with Gasteiger partial charge in [0.05, 0.1) is 17.5 Å². The molecule has 29 heavy (non-hydrogen) atoms. The van der Waals surface area contributed by atoms with E-state index in [9.17, 15) is 4.79 Å². The first kappa shape index (κ1) is 21.3. The summed E-state index contributed by atoms with van der Waals surface area (Å²) in [5, 5.41) is 4.25. The summed E-state index contributed by atoms with van der Waals surface area (Å²) >= 11 is 0. The first-order valence-electron chi connectivity index (χ1n) is 9.53. The number of hydrogen-bond acceptors (Lipinski definition) is 6. The Morgan fingerprint density at radius 3 is 2.55 bits per heavy atom. The monoisotopic (exact) mass is 511 g/mol. The minimum atomic E-state index is -0.426. The number of aromatic nitrogens is 4. The number of aryl methyl sites for hydroxylation is 1. The Kier molecular flexibility index (Phi) is 6.87. The molecule has 4 N–H and O–H groups in total. The second-order valence-electron chi connectivity index (χ2n) is 7.17. The third-order valence-electron chi connectivity index (χ3n) is 5.40. The number of fused-ring (bicyclic) bond motifs is 1. The summed E-state index contributed by atoms with van der Waals surface area (Å²) in [5.41, 5.74) is 13.1. The molecule has 4 heterocycles. The van der Waals surface area contributed by atoms with Crippen molar-refractivity contribution in [1.82, 2.24) is 24.6 Å². The zero-order valence-electron chi connectivity index (χ0n) is 16.1. The van der Waals surface area contributed by atoms with E-state index in [2.05, 4.69) is 29.9 Å². The van der Waals surface area contributed by atoms with Gasteiger partial charge in [-0.2, -0.15) is 5.10 Å². The molecule has 1 atom stereocenters. The van der Waals surface area contributed by atoms with E-state index in [0.717, 1.165) is 57.2 Å². The second kappa shape index (κ2) is 9.37. The third-order valence-corrected chi connectivity index (χ3v) is 5.40. The van der Waals surface area contributed by atoms with Gasteiger partial charge in [0.1, 0.15) is 0 Å². The predicted octanol–water partition coefficient (Wildman–Crippen LogP) is 0.0893. The van der Waals surface area contributed by atoms with E-state index in [4.69, 9.17) is 11.5 Å². The maximum atomic E-state index is 11.5. The van der Waals surface area contributed by atoms with E-state index in [-0.39, 0.29) is 24.0 Å². The van der Waals surface area contributed by atoms with Gasteiger partial charge in [-0.25, -0.2) is 9.97 Å². The molecule has 0 aromatic carbocycles. The molecule has 1 unspecified atom stereocenters. The van der Waals surface area contributed by atoms with Gasteiger partial charge in [-0.3, -0.25) is 14.5 Å². The molecular formula is C18H26IN9O. The van der Waals surface area contributed by atoms with Gasteiger partial charge in [-0.1, -0.05) is 0 Å². The molecule has 2 aromatic heterocycles. The number of nitrogens with zero attached hydrogens (tertiary/aromatic N) is 7. The predicted molar refractivity (Wildman–Crippen MR) is 120 cm³/mol. The van der Waals surface area contributed by atoms with Crippen LogP contribution in [-0.2, 0) is 13.0 Å². The summed E-state index contributed by atoms with van der Waals surface area (Å²) in [6.45, 7) is 4.61. The lowest BCUT2D eigenvalue weighted by molar-refractivity contribution is 0.0998. The van der Waals surface area contributed by atoms with Crippen LogP contribution in [0.4, 0.5) is 5.95 Å². The molecular weight excluding hydrogens is 485 g/mol. The molecule has 2 aliphatic rings. The number of piperazine rings is 1.